The second-order valence-corrected chi connectivity index (χ2v) is 13.9. The van der Waals surface area contributed by atoms with Gasteiger partial charge in [0.15, 0.2) is 0 Å². The molecule has 6 rings (SSSR count). The fourth-order valence-electron chi connectivity index (χ4n) is 6.62. The molecule has 2 atom stereocenters. The van der Waals surface area contributed by atoms with Crippen molar-refractivity contribution in [3.8, 4) is 11.5 Å². The zero-order valence-corrected chi connectivity index (χ0v) is 30.5. The van der Waals surface area contributed by atoms with E-state index in [9.17, 15) is 0 Å². The van der Waals surface area contributed by atoms with Crippen LogP contribution in [0.15, 0.2) is 110 Å². The van der Waals surface area contributed by atoms with Gasteiger partial charge in [-0.1, -0.05) is 109 Å². The number of aromatic nitrogens is 4. The summed E-state index contributed by atoms with van der Waals surface area (Å²) in [6.07, 6.45) is 16.4. The van der Waals surface area contributed by atoms with Crippen molar-refractivity contribution in [3.63, 3.8) is 0 Å². The quantitative estimate of drug-likeness (QED) is 0.112. The number of rotatable bonds is 14. The van der Waals surface area contributed by atoms with Gasteiger partial charge in [0.05, 0.1) is 24.7 Å². The molecule has 49 heavy (non-hydrogen) atoms. The zero-order valence-electron chi connectivity index (χ0n) is 27.5. The van der Waals surface area contributed by atoms with Gasteiger partial charge >= 0.3 is 0 Å². The van der Waals surface area contributed by atoms with Gasteiger partial charge in [0.25, 0.3) is 0 Å². The van der Waals surface area contributed by atoms with Gasteiger partial charge in [0.1, 0.15) is 11.5 Å². The topological polar surface area (TPSA) is 44.9 Å². The molecule has 0 saturated carbocycles. The Morgan fingerprint density at radius 3 is 1.41 bits per heavy atom. The third-order valence-electron chi connectivity index (χ3n) is 8.88. The average Bonchev–Trinajstić information content (AvgIpc) is 3.82. The van der Waals surface area contributed by atoms with Crippen molar-refractivity contribution in [2.24, 2.45) is 0 Å². The fourth-order valence-corrected chi connectivity index (χ4v) is 7.57. The summed E-state index contributed by atoms with van der Waals surface area (Å²) in [6.45, 7) is 4.40. The monoisotopic (exact) mass is 730 g/mol. The molecule has 0 bridgehead atoms. The Kier molecular flexibility index (Phi) is 11.7. The second kappa shape index (κ2) is 16.3. The fraction of sp³-hybridized carbons (Fsp3) is 0.250. The lowest BCUT2D eigenvalue weighted by Gasteiger charge is -2.28. The number of hydrogen-bond acceptors (Lipinski definition) is 3. The molecule has 0 amide bonds. The molecule has 2 unspecified atom stereocenters. The molecule has 0 spiro atoms. The number of ether oxygens (including phenoxy) is 1. The summed E-state index contributed by atoms with van der Waals surface area (Å²) in [5.41, 5.74) is 6.44. The predicted molar refractivity (Wildman–Crippen MR) is 202 cm³/mol. The van der Waals surface area contributed by atoms with E-state index in [4.69, 9.17) is 51.1 Å². The van der Waals surface area contributed by atoms with E-state index in [2.05, 4.69) is 69.3 Å². The van der Waals surface area contributed by atoms with Gasteiger partial charge in [-0.2, -0.15) is 0 Å². The first-order valence-electron chi connectivity index (χ1n) is 16.6. The molecule has 5 nitrogen and oxygen atoms in total. The van der Waals surface area contributed by atoms with Gasteiger partial charge in [-0.15, -0.1) is 0 Å². The predicted octanol–water partition coefficient (Wildman–Crippen LogP) is 12.4. The molecule has 2 heterocycles. The van der Waals surface area contributed by atoms with E-state index in [1.807, 2.05) is 61.7 Å². The normalized spacial score (nSPS) is 12.6. The zero-order chi connectivity index (χ0) is 34.3. The minimum absolute atomic E-state index is 0.00984. The van der Waals surface area contributed by atoms with Crippen molar-refractivity contribution in [2.75, 3.05) is 0 Å². The molecule has 9 heteroatoms. The maximum atomic E-state index is 7.17. The van der Waals surface area contributed by atoms with E-state index in [1.54, 1.807) is 12.1 Å². The molecular weight excluding hydrogens is 694 g/mol. The molecular formula is C40H38Cl4N4O. The first-order chi connectivity index (χ1) is 23.9. The van der Waals surface area contributed by atoms with E-state index in [-0.39, 0.29) is 12.1 Å². The number of nitrogens with zero attached hydrogens (tertiary/aromatic N) is 4. The highest BCUT2D eigenvalue weighted by Crippen LogP contribution is 2.43. The lowest BCUT2D eigenvalue weighted by atomic mass is 9.90. The Hall–Kier alpha value is -3.74. The SMILES string of the molecule is CCCC(c1c(Cc2ccc(Cl)cc2Cl)cccc1Oc1cccc(Cc2ccc(Cl)cc2Cl)c1C(CCC)n1ccnc1)n1ccnc1. The van der Waals surface area contributed by atoms with Crippen molar-refractivity contribution in [3.05, 3.63) is 164 Å². The summed E-state index contributed by atoms with van der Waals surface area (Å²) < 4.78 is 11.5. The molecule has 0 saturated heterocycles. The van der Waals surface area contributed by atoms with Crippen molar-refractivity contribution in [1.82, 2.24) is 19.1 Å². The largest absolute Gasteiger partial charge is 0.457 e. The summed E-state index contributed by atoms with van der Waals surface area (Å²) >= 11 is 26.0. The van der Waals surface area contributed by atoms with Gasteiger partial charge < -0.3 is 13.9 Å². The lowest BCUT2D eigenvalue weighted by Crippen LogP contribution is -2.15. The summed E-state index contributed by atoms with van der Waals surface area (Å²) in [6, 6.07) is 23.9. The van der Waals surface area contributed by atoms with Crippen molar-refractivity contribution >= 4 is 46.4 Å². The summed E-state index contributed by atoms with van der Waals surface area (Å²) in [4.78, 5) is 8.82. The molecule has 0 aliphatic heterocycles. The highest BCUT2D eigenvalue weighted by Gasteiger charge is 2.26. The first-order valence-corrected chi connectivity index (χ1v) is 18.1. The van der Waals surface area contributed by atoms with Crippen LogP contribution in [0.4, 0.5) is 0 Å². The molecule has 2 aromatic heterocycles. The smallest absolute Gasteiger partial charge is 0.133 e. The third kappa shape index (κ3) is 8.19. The van der Waals surface area contributed by atoms with Crippen LogP contribution in [0.25, 0.3) is 0 Å². The molecule has 4 aromatic carbocycles. The van der Waals surface area contributed by atoms with E-state index >= 15 is 0 Å². The second-order valence-electron chi connectivity index (χ2n) is 12.2. The van der Waals surface area contributed by atoms with Crippen LogP contribution in [0.5, 0.6) is 11.5 Å². The van der Waals surface area contributed by atoms with Crippen molar-refractivity contribution in [2.45, 2.75) is 64.5 Å². The molecule has 0 fully saturated rings. The lowest BCUT2D eigenvalue weighted by molar-refractivity contribution is 0.430. The third-order valence-corrected chi connectivity index (χ3v) is 10.1. The van der Waals surface area contributed by atoms with Crippen LogP contribution in [0.1, 0.15) is 85.0 Å². The first kappa shape index (κ1) is 35.1. The van der Waals surface area contributed by atoms with Crippen LogP contribution < -0.4 is 4.74 Å². The van der Waals surface area contributed by atoms with Gasteiger partial charge in [-0.3, -0.25) is 0 Å². The van der Waals surface area contributed by atoms with Gasteiger partial charge in [0.2, 0.25) is 0 Å². The van der Waals surface area contributed by atoms with Crippen LogP contribution in [0.3, 0.4) is 0 Å². The molecule has 0 aliphatic rings. The highest BCUT2D eigenvalue weighted by molar-refractivity contribution is 6.35. The minimum Gasteiger partial charge on any atom is -0.457 e. The Balaban J connectivity index is 1.52. The van der Waals surface area contributed by atoms with E-state index < -0.39 is 0 Å². The number of benzene rings is 4. The summed E-state index contributed by atoms with van der Waals surface area (Å²) in [5.74, 6) is 1.58. The minimum atomic E-state index is -0.00984. The Labute approximate surface area is 308 Å². The number of halogens is 4. The van der Waals surface area contributed by atoms with Crippen LogP contribution >= 0.6 is 46.4 Å². The van der Waals surface area contributed by atoms with Crippen molar-refractivity contribution < 1.29 is 4.74 Å². The molecule has 252 valence electrons. The summed E-state index contributed by atoms with van der Waals surface area (Å²) in [7, 11) is 0. The Bertz CT molecular complexity index is 1850. The molecule has 0 aliphatic carbocycles. The highest BCUT2D eigenvalue weighted by atomic mass is 35.5. The molecule has 0 radical (unpaired) electrons. The maximum absolute atomic E-state index is 7.17. The van der Waals surface area contributed by atoms with Crippen LogP contribution in [0.2, 0.25) is 20.1 Å². The van der Waals surface area contributed by atoms with Crippen LogP contribution in [-0.4, -0.2) is 19.1 Å². The van der Waals surface area contributed by atoms with Crippen LogP contribution in [0, 0.1) is 0 Å². The van der Waals surface area contributed by atoms with E-state index in [0.717, 1.165) is 70.6 Å². The van der Waals surface area contributed by atoms with Crippen molar-refractivity contribution in [1.29, 1.82) is 0 Å². The van der Waals surface area contributed by atoms with Gasteiger partial charge in [0, 0.05) is 56.0 Å². The molecule has 6 aromatic rings. The van der Waals surface area contributed by atoms with Gasteiger partial charge in [-0.05, 0) is 84.3 Å². The van der Waals surface area contributed by atoms with E-state index in [1.165, 1.54) is 0 Å². The average molecular weight is 733 g/mol. The van der Waals surface area contributed by atoms with E-state index in [0.29, 0.717) is 32.9 Å². The van der Waals surface area contributed by atoms with Gasteiger partial charge in [-0.25, -0.2) is 9.97 Å². The Morgan fingerprint density at radius 1 is 0.592 bits per heavy atom. The Morgan fingerprint density at radius 2 is 1.04 bits per heavy atom. The standard InChI is InChI=1S/C40H38Cl4N4O/c1-3-7-35(47-19-17-45-25-47)39-29(21-27-13-15-31(41)23-33(27)43)9-5-11-37(39)49-38-12-6-10-30(22-28-14-16-32(42)24-34(28)44)40(38)36(8-4-2)48-20-18-46-26-48/h5-6,9-20,23-26,35-36H,3-4,7-8,21-22H2,1-2H3. The number of hydrogen-bond donors (Lipinski definition) is 0. The summed E-state index contributed by atoms with van der Waals surface area (Å²) in [5, 5.41) is 2.50. The number of imidazole rings is 2. The maximum Gasteiger partial charge on any atom is 0.133 e. The molecule has 0 N–H and O–H groups in total. The van der Waals surface area contributed by atoms with Crippen LogP contribution in [-0.2, 0) is 12.8 Å².